The number of carbonyl (C=O) groups is 1. The van der Waals surface area contributed by atoms with Gasteiger partial charge in [-0.25, -0.2) is 9.97 Å². The zero-order valence-electron chi connectivity index (χ0n) is 24.8. The molecule has 0 aliphatic heterocycles. The third-order valence-electron chi connectivity index (χ3n) is 6.72. The lowest BCUT2D eigenvalue weighted by Gasteiger charge is -2.19. The highest BCUT2D eigenvalue weighted by Crippen LogP contribution is 2.30. The predicted molar refractivity (Wildman–Crippen MR) is 158 cm³/mol. The lowest BCUT2D eigenvalue weighted by atomic mass is 10.1. The number of halogens is 6. The van der Waals surface area contributed by atoms with E-state index in [-0.39, 0.29) is 24.9 Å². The van der Waals surface area contributed by atoms with Gasteiger partial charge in [0.05, 0.1) is 30.0 Å². The number of hydrogen-bond donors (Lipinski definition) is 0. The summed E-state index contributed by atoms with van der Waals surface area (Å²) in [6, 6.07) is 9.46. The summed E-state index contributed by atoms with van der Waals surface area (Å²) < 4.78 is 92.7. The van der Waals surface area contributed by atoms with Gasteiger partial charge in [0.1, 0.15) is 18.2 Å². The molecule has 7 nitrogen and oxygen atoms in total. The van der Waals surface area contributed by atoms with Crippen molar-refractivity contribution >= 4 is 30.2 Å². The molecule has 0 aliphatic carbocycles. The number of benzene rings is 2. The summed E-state index contributed by atoms with van der Waals surface area (Å²) in [5, 5.41) is 0. The maximum absolute atomic E-state index is 12.7. The Hall–Kier alpha value is -4.65. The van der Waals surface area contributed by atoms with Crippen molar-refractivity contribution in [1.82, 2.24) is 14.9 Å². The monoisotopic (exact) mass is 647 g/mol. The summed E-state index contributed by atoms with van der Waals surface area (Å²) in [5.41, 5.74) is 0.814. The average molecular weight is 648 g/mol. The number of carbonyl (C=O) groups excluding carboxylic acids is 1. The topological polar surface area (TPSA) is 81.6 Å². The predicted octanol–water partition coefficient (Wildman–Crippen LogP) is 8.78. The van der Waals surface area contributed by atoms with Crippen molar-refractivity contribution in [2.75, 3.05) is 13.2 Å². The molecule has 2 aromatic carbocycles. The Morgan fingerprint density at radius 2 is 1.24 bits per heavy atom. The van der Waals surface area contributed by atoms with Crippen molar-refractivity contribution in [1.29, 1.82) is 0 Å². The summed E-state index contributed by atoms with van der Waals surface area (Å²) in [7, 11) is 0. The third-order valence-corrected chi connectivity index (χ3v) is 6.72. The van der Waals surface area contributed by atoms with Crippen molar-refractivity contribution in [3.05, 3.63) is 106 Å². The molecular weight excluding hydrogens is 616 g/mol. The minimum atomic E-state index is -4.40. The second-order valence-corrected chi connectivity index (χ2v) is 10.3. The van der Waals surface area contributed by atoms with Gasteiger partial charge >= 0.3 is 12.4 Å². The Morgan fingerprint density at radius 1 is 0.739 bits per heavy atom. The summed E-state index contributed by atoms with van der Waals surface area (Å²) in [6.45, 7) is 2.95. The molecule has 244 valence electrons. The Bertz CT molecular complexity index is 1600. The standard InChI is InChI=1S/C33H31F6N3O4/c1-23(43)42(19-28-21-45-30(40-28)15-9-24-5-11-26(12-6-24)32(34,35)36)17-3-2-4-18-44-20-29-22-46-31(41-29)16-10-25-7-13-27(14-8-25)33(37,38)39/h5-16,21-22H,2-4,17-20H2,1H3/b15-9+,16-10+. The number of ether oxygens (including phenoxy) is 1. The van der Waals surface area contributed by atoms with Crippen LogP contribution >= 0.6 is 0 Å². The van der Waals surface area contributed by atoms with E-state index in [2.05, 4.69) is 9.97 Å². The highest BCUT2D eigenvalue weighted by Gasteiger charge is 2.30. The van der Waals surface area contributed by atoms with Crippen LogP contribution in [0.1, 0.15) is 71.6 Å². The highest BCUT2D eigenvalue weighted by atomic mass is 19.4. The van der Waals surface area contributed by atoms with Gasteiger partial charge < -0.3 is 18.5 Å². The van der Waals surface area contributed by atoms with Crippen molar-refractivity contribution in [3.63, 3.8) is 0 Å². The van der Waals surface area contributed by atoms with Crippen LogP contribution in [0.25, 0.3) is 24.3 Å². The van der Waals surface area contributed by atoms with Gasteiger partial charge in [-0.1, -0.05) is 24.3 Å². The zero-order chi connectivity index (χ0) is 33.2. The first-order chi connectivity index (χ1) is 21.9. The number of alkyl halides is 6. The summed E-state index contributed by atoms with van der Waals surface area (Å²) >= 11 is 0. The molecule has 0 aliphatic rings. The summed E-state index contributed by atoms with van der Waals surface area (Å²) in [5.74, 6) is 0.456. The quantitative estimate of drug-likeness (QED) is 0.101. The fourth-order valence-electron chi connectivity index (χ4n) is 4.24. The van der Waals surface area contributed by atoms with Crippen molar-refractivity contribution in [2.24, 2.45) is 0 Å². The van der Waals surface area contributed by atoms with Crippen molar-refractivity contribution in [3.8, 4) is 0 Å². The van der Waals surface area contributed by atoms with Gasteiger partial charge in [-0.15, -0.1) is 0 Å². The van der Waals surface area contributed by atoms with Gasteiger partial charge in [0.2, 0.25) is 17.7 Å². The molecule has 0 unspecified atom stereocenters. The molecule has 0 N–H and O–H groups in total. The van der Waals surface area contributed by atoms with E-state index in [0.29, 0.717) is 41.6 Å². The van der Waals surface area contributed by atoms with Crippen LogP contribution in [0.3, 0.4) is 0 Å². The largest absolute Gasteiger partial charge is 0.445 e. The van der Waals surface area contributed by atoms with Gasteiger partial charge in [0, 0.05) is 32.2 Å². The molecule has 0 saturated heterocycles. The molecule has 13 heteroatoms. The zero-order valence-corrected chi connectivity index (χ0v) is 24.8. The number of hydrogen-bond acceptors (Lipinski definition) is 6. The van der Waals surface area contributed by atoms with E-state index in [4.69, 9.17) is 13.6 Å². The fourth-order valence-corrected chi connectivity index (χ4v) is 4.24. The maximum atomic E-state index is 12.7. The van der Waals surface area contributed by atoms with Crippen LogP contribution in [0.5, 0.6) is 0 Å². The molecule has 0 bridgehead atoms. The number of amides is 1. The first-order valence-corrected chi connectivity index (χ1v) is 14.3. The Balaban J connectivity index is 1.13. The molecule has 0 radical (unpaired) electrons. The molecule has 0 saturated carbocycles. The van der Waals surface area contributed by atoms with Gasteiger partial charge in [-0.05, 0) is 66.8 Å². The third kappa shape index (κ3) is 10.8. The number of oxazole rings is 2. The Kier molecular flexibility index (Phi) is 11.6. The van der Waals surface area contributed by atoms with Crippen LogP contribution in [0, 0.1) is 0 Å². The molecule has 2 heterocycles. The van der Waals surface area contributed by atoms with E-state index in [1.165, 1.54) is 43.7 Å². The number of nitrogens with zero attached hydrogens (tertiary/aromatic N) is 3. The minimum absolute atomic E-state index is 0.115. The minimum Gasteiger partial charge on any atom is -0.445 e. The van der Waals surface area contributed by atoms with Gasteiger partial charge in [-0.3, -0.25) is 4.79 Å². The smallest absolute Gasteiger partial charge is 0.416 e. The molecule has 0 spiro atoms. The SMILES string of the molecule is CC(=O)N(CCCCCOCc1coc(/C=C/c2ccc(C(F)(F)F)cc2)n1)Cc1coc(/C=C/c2ccc(C(F)(F)F)cc2)n1. The molecule has 4 rings (SSSR count). The maximum Gasteiger partial charge on any atom is 0.416 e. The van der Waals surface area contributed by atoms with Crippen LogP contribution in [0.4, 0.5) is 26.3 Å². The number of unbranched alkanes of at least 4 members (excludes halogenated alkanes) is 2. The van der Waals surface area contributed by atoms with Gasteiger partial charge in [0.25, 0.3) is 0 Å². The molecule has 0 atom stereocenters. The molecule has 2 aromatic heterocycles. The molecular formula is C33H31F6N3O4. The number of aromatic nitrogens is 2. The first-order valence-electron chi connectivity index (χ1n) is 14.3. The molecule has 0 fully saturated rings. The van der Waals surface area contributed by atoms with Crippen LogP contribution in [-0.4, -0.2) is 33.9 Å². The van der Waals surface area contributed by atoms with Gasteiger partial charge in [0.15, 0.2) is 0 Å². The van der Waals surface area contributed by atoms with Gasteiger partial charge in [-0.2, -0.15) is 26.3 Å². The summed E-state index contributed by atoms with van der Waals surface area (Å²) in [4.78, 5) is 22.4. The van der Waals surface area contributed by atoms with Crippen LogP contribution in [0.15, 0.2) is 69.9 Å². The molecule has 46 heavy (non-hydrogen) atoms. The van der Waals surface area contributed by atoms with Crippen LogP contribution < -0.4 is 0 Å². The number of rotatable bonds is 14. The van der Waals surface area contributed by atoms with E-state index < -0.39 is 23.5 Å². The lowest BCUT2D eigenvalue weighted by Crippen LogP contribution is -2.29. The average Bonchev–Trinajstić information content (AvgIpc) is 3.66. The van der Waals surface area contributed by atoms with E-state index in [9.17, 15) is 31.1 Å². The van der Waals surface area contributed by atoms with E-state index in [1.807, 2.05) is 0 Å². The van der Waals surface area contributed by atoms with E-state index in [0.717, 1.165) is 43.5 Å². The Labute approximate surface area is 261 Å². The summed E-state index contributed by atoms with van der Waals surface area (Å²) in [6.07, 6.45) is 2.72. The van der Waals surface area contributed by atoms with E-state index >= 15 is 0 Å². The molecule has 1 amide bonds. The van der Waals surface area contributed by atoms with Crippen LogP contribution in [-0.2, 0) is 35.0 Å². The molecule has 4 aromatic rings. The van der Waals surface area contributed by atoms with Crippen molar-refractivity contribution < 1.29 is 44.7 Å². The Morgan fingerprint density at radius 3 is 1.74 bits per heavy atom. The lowest BCUT2D eigenvalue weighted by molar-refractivity contribution is -0.138. The highest BCUT2D eigenvalue weighted by molar-refractivity contribution is 5.73. The van der Waals surface area contributed by atoms with E-state index in [1.54, 1.807) is 29.2 Å². The first kappa shape index (κ1) is 34.2. The van der Waals surface area contributed by atoms with Crippen LogP contribution in [0.2, 0.25) is 0 Å². The normalized spacial score (nSPS) is 12.4. The second kappa shape index (κ2) is 15.6. The fraction of sp³-hybridized carbons (Fsp3) is 0.303. The second-order valence-electron chi connectivity index (χ2n) is 10.3. The van der Waals surface area contributed by atoms with Crippen molar-refractivity contribution in [2.45, 2.75) is 51.7 Å².